The first-order valence-corrected chi connectivity index (χ1v) is 21.3. The Morgan fingerprint density at radius 2 is 1.25 bits per heavy atom. The first-order valence-electron chi connectivity index (χ1n) is 22.8. The number of pyridine rings is 1. The van der Waals surface area contributed by atoms with Crippen molar-refractivity contribution in [3.63, 3.8) is 0 Å². The van der Waals surface area contributed by atoms with E-state index in [1.165, 1.54) is 5.56 Å². The summed E-state index contributed by atoms with van der Waals surface area (Å²) in [6.45, 7) is 22.0. The molecule has 0 aliphatic heterocycles. The lowest BCUT2D eigenvalue weighted by atomic mass is 9.83. The fourth-order valence-corrected chi connectivity index (χ4v) is 8.51. The summed E-state index contributed by atoms with van der Waals surface area (Å²) in [6, 6.07) is 43.7. The van der Waals surface area contributed by atoms with Crippen molar-refractivity contribution < 1.29 is 9.22 Å². The molecule has 0 radical (unpaired) electrons. The molecule has 6 aromatic carbocycles. The lowest BCUT2D eigenvalue weighted by Crippen LogP contribution is -2.11. The minimum atomic E-state index is -0.879. The van der Waals surface area contributed by atoms with Crippen LogP contribution in [0.4, 0.5) is 0 Å². The van der Waals surface area contributed by atoms with E-state index in [2.05, 4.69) is 104 Å². The van der Waals surface area contributed by atoms with Crippen LogP contribution in [0.2, 0.25) is 0 Å². The molecule has 8 aromatic rings. The zero-order chi connectivity index (χ0) is 46.1. The van der Waals surface area contributed by atoms with Gasteiger partial charge in [-0.05, 0) is 147 Å². The number of rotatable bonds is 9. The summed E-state index contributed by atoms with van der Waals surface area (Å²) < 4.78 is 28.7. The number of para-hydroxylation sites is 1. The Morgan fingerprint density at radius 3 is 1.89 bits per heavy atom. The summed E-state index contributed by atoms with van der Waals surface area (Å²) in [6.07, 6.45) is 1.87. The Bertz CT molecular complexity index is 3010. The van der Waals surface area contributed by atoms with Gasteiger partial charge in [-0.25, -0.2) is 4.98 Å². The van der Waals surface area contributed by atoms with Crippen LogP contribution in [0.15, 0.2) is 134 Å². The molecule has 4 heteroatoms. The van der Waals surface area contributed by atoms with Crippen molar-refractivity contribution in [2.45, 2.75) is 99.3 Å². The third kappa shape index (κ3) is 8.04. The number of phenols is 1. The lowest BCUT2D eigenvalue weighted by Gasteiger charge is -2.22. The van der Waals surface area contributed by atoms with Gasteiger partial charge in [-0.1, -0.05) is 141 Å². The minimum absolute atomic E-state index is 0.171. The van der Waals surface area contributed by atoms with Gasteiger partial charge in [0.2, 0.25) is 0 Å². The highest BCUT2D eigenvalue weighted by Gasteiger charge is 2.24. The van der Waals surface area contributed by atoms with Crippen molar-refractivity contribution >= 4 is 11.0 Å². The van der Waals surface area contributed by atoms with E-state index < -0.39 is 17.7 Å². The Balaban J connectivity index is 1.32. The number of fused-ring (bicyclic) bond motifs is 1. The molecule has 0 amide bonds. The third-order valence-electron chi connectivity index (χ3n) is 11.9. The maximum atomic E-state index is 11.7. The molecule has 0 saturated carbocycles. The molecule has 2 heterocycles. The molecule has 308 valence electrons. The second-order valence-corrected chi connectivity index (χ2v) is 18.3. The molecule has 0 aliphatic carbocycles. The topological polar surface area (TPSA) is 50.9 Å². The fourth-order valence-electron chi connectivity index (χ4n) is 8.51. The van der Waals surface area contributed by atoms with Gasteiger partial charge < -0.3 is 5.11 Å². The molecular weight excluding hydrogens is 743 g/mol. The molecule has 2 aromatic heterocycles. The quantitative estimate of drug-likeness (QED) is 0.158. The zero-order valence-corrected chi connectivity index (χ0v) is 37.5. The molecule has 0 aliphatic rings. The van der Waals surface area contributed by atoms with Crippen molar-refractivity contribution in [2.75, 3.05) is 0 Å². The number of aromatic hydroxyl groups is 1. The van der Waals surface area contributed by atoms with Gasteiger partial charge in [0.1, 0.15) is 11.6 Å². The summed E-state index contributed by atoms with van der Waals surface area (Å²) in [5.41, 5.74) is 16.5. The van der Waals surface area contributed by atoms with Crippen LogP contribution in [0.25, 0.3) is 72.7 Å². The molecule has 0 bridgehead atoms. The average Bonchev–Trinajstić information content (AvgIpc) is 3.63. The van der Waals surface area contributed by atoms with Gasteiger partial charge in [-0.3, -0.25) is 9.55 Å². The minimum Gasteiger partial charge on any atom is -0.507 e. The van der Waals surface area contributed by atoms with Gasteiger partial charge in [0.05, 0.1) is 22.3 Å². The van der Waals surface area contributed by atoms with Gasteiger partial charge in [-0.2, -0.15) is 0 Å². The molecule has 0 spiro atoms. The number of hydrogen-bond acceptors (Lipinski definition) is 3. The largest absolute Gasteiger partial charge is 0.507 e. The summed E-state index contributed by atoms with van der Waals surface area (Å²) in [5, 5.41) is 11.7. The highest BCUT2D eigenvalue weighted by Crippen LogP contribution is 2.42. The van der Waals surface area contributed by atoms with Crippen LogP contribution >= 0.6 is 0 Å². The molecule has 1 N–H and O–H groups in total. The smallest absolute Gasteiger partial charge is 0.149 e. The number of aryl methyl sites for hydroxylation is 2. The molecular formula is C57H59N3O. The van der Waals surface area contributed by atoms with Gasteiger partial charge in [0, 0.05) is 27.1 Å². The third-order valence-corrected chi connectivity index (χ3v) is 11.9. The first kappa shape index (κ1) is 37.7. The normalized spacial score (nSPS) is 13.3. The molecule has 61 heavy (non-hydrogen) atoms. The lowest BCUT2D eigenvalue weighted by molar-refractivity contribution is 0.472. The average molecular weight is 805 g/mol. The molecule has 0 atom stereocenters. The maximum Gasteiger partial charge on any atom is 0.149 e. The summed E-state index contributed by atoms with van der Waals surface area (Å²) >= 11 is 0. The van der Waals surface area contributed by atoms with E-state index in [1.807, 2.05) is 110 Å². The van der Waals surface area contributed by atoms with Crippen LogP contribution in [-0.2, 0) is 5.41 Å². The second kappa shape index (κ2) is 16.3. The van der Waals surface area contributed by atoms with E-state index in [0.717, 1.165) is 89.2 Å². The molecule has 0 saturated heterocycles. The van der Waals surface area contributed by atoms with E-state index >= 15 is 0 Å². The molecule has 8 rings (SSSR count). The fraction of sp³-hybridized carbons (Fsp3) is 0.263. The zero-order valence-electron chi connectivity index (χ0n) is 40.5. The van der Waals surface area contributed by atoms with E-state index in [0.29, 0.717) is 11.4 Å². The van der Waals surface area contributed by atoms with Crippen LogP contribution in [0.3, 0.4) is 0 Å². The summed E-state index contributed by atoms with van der Waals surface area (Å²) in [5.74, 6) is -1.62. The van der Waals surface area contributed by atoms with Crippen molar-refractivity contribution in [3.8, 4) is 67.5 Å². The standard InChI is InChI=1S/C57H59N3O/c1-34(2)39-18-20-40(21-19-39)42-26-27-58-51(33-42)44-30-43(31-45(32-44)57(9,10)11)49-16-13-17-52-54(49)59-56(50-29-37(7)28-38(8)55(50)61)60(52)46-24-22-41(23-25-46)53-47(35(3)4)14-12-15-48(53)36(5)6/h12-36,61H,1-11H3/i34D,35D,36D. The van der Waals surface area contributed by atoms with Crippen LogP contribution in [0.5, 0.6) is 5.75 Å². The monoisotopic (exact) mass is 804 g/mol. The Labute approximate surface area is 367 Å². The van der Waals surface area contributed by atoms with Gasteiger partial charge in [0.15, 0.2) is 0 Å². The SMILES string of the molecule is [2H]C(C)(C)c1ccc(-c2ccnc(-c3cc(-c4cccc5c4nc(-c4cc(C)cc(C)c4O)n5-c4ccc(-c5c(C([2H])(C)C)cccc5C([2H])(C)C)cc4)cc(C(C)(C)C)c3)c2)cc1. The number of benzene rings is 6. The Morgan fingerprint density at radius 1 is 0.607 bits per heavy atom. The Hall–Kier alpha value is -6.26. The maximum absolute atomic E-state index is 11.7. The highest BCUT2D eigenvalue weighted by atomic mass is 16.3. The predicted molar refractivity (Wildman–Crippen MR) is 258 cm³/mol. The van der Waals surface area contributed by atoms with Crippen molar-refractivity contribution in [3.05, 3.63) is 167 Å². The number of nitrogens with zero attached hydrogens (tertiary/aromatic N) is 3. The van der Waals surface area contributed by atoms with Crippen LogP contribution in [0.1, 0.15) is 117 Å². The van der Waals surface area contributed by atoms with Gasteiger partial charge in [-0.15, -0.1) is 0 Å². The molecule has 0 fully saturated rings. The number of phenolic OH excluding ortho intramolecular Hbond substituents is 1. The van der Waals surface area contributed by atoms with Crippen molar-refractivity contribution in [2.24, 2.45) is 0 Å². The van der Waals surface area contributed by atoms with Crippen LogP contribution in [-0.4, -0.2) is 19.6 Å². The number of imidazole rings is 1. The van der Waals surface area contributed by atoms with E-state index in [1.54, 1.807) is 0 Å². The number of hydrogen-bond donors (Lipinski definition) is 1. The predicted octanol–water partition coefficient (Wildman–Crippen LogP) is 15.7. The van der Waals surface area contributed by atoms with Crippen LogP contribution in [0, 0.1) is 13.8 Å². The highest BCUT2D eigenvalue weighted by molar-refractivity contribution is 5.97. The van der Waals surface area contributed by atoms with E-state index in [-0.39, 0.29) is 11.2 Å². The van der Waals surface area contributed by atoms with E-state index in [4.69, 9.17) is 14.1 Å². The van der Waals surface area contributed by atoms with Crippen molar-refractivity contribution in [1.29, 1.82) is 0 Å². The van der Waals surface area contributed by atoms with E-state index in [9.17, 15) is 5.11 Å². The first-order chi connectivity index (χ1) is 30.0. The molecule has 4 nitrogen and oxygen atoms in total. The van der Waals surface area contributed by atoms with Crippen molar-refractivity contribution in [1.82, 2.24) is 14.5 Å². The van der Waals surface area contributed by atoms with Crippen LogP contribution < -0.4 is 0 Å². The second-order valence-electron chi connectivity index (χ2n) is 18.3. The summed E-state index contributed by atoms with van der Waals surface area (Å²) in [4.78, 5) is 10.4. The number of aromatic nitrogens is 3. The Kier molecular flexibility index (Phi) is 10.1. The summed E-state index contributed by atoms with van der Waals surface area (Å²) in [7, 11) is 0. The molecule has 0 unspecified atom stereocenters. The van der Waals surface area contributed by atoms with Gasteiger partial charge >= 0.3 is 0 Å². The van der Waals surface area contributed by atoms with Gasteiger partial charge in [0.25, 0.3) is 0 Å².